The third-order valence-electron chi connectivity index (χ3n) is 5.57. The number of aryl methyl sites for hydroxylation is 1. The number of aromatic nitrogens is 3. The van der Waals surface area contributed by atoms with Crippen LogP contribution >= 0.6 is 0 Å². The van der Waals surface area contributed by atoms with Gasteiger partial charge in [0.15, 0.2) is 6.29 Å². The number of carbonyl (C=O) groups is 1. The molecule has 2 aromatic heterocycles. The van der Waals surface area contributed by atoms with Crippen molar-refractivity contribution in [1.29, 1.82) is 0 Å². The van der Waals surface area contributed by atoms with Crippen LogP contribution in [0.4, 0.5) is 8.78 Å². The topological polar surface area (TPSA) is 71.2 Å². The number of hydrogen-bond donors (Lipinski definition) is 1. The lowest BCUT2D eigenvalue weighted by Crippen LogP contribution is -2.26. The Balaban J connectivity index is 1.67. The minimum absolute atomic E-state index is 0.0264. The number of rotatable bonds is 7. The van der Waals surface area contributed by atoms with Crippen LogP contribution in [0.5, 0.6) is 0 Å². The second-order valence-corrected chi connectivity index (χ2v) is 8.30. The quantitative estimate of drug-likeness (QED) is 0.342. The van der Waals surface area contributed by atoms with Crippen molar-refractivity contribution in [1.82, 2.24) is 19.7 Å². The first-order chi connectivity index (χ1) is 16.1. The van der Waals surface area contributed by atoms with E-state index >= 15 is 8.78 Å². The average molecular weight is 456 g/mol. The molecular weight excluding hydrogens is 436 g/mol. The zero-order chi connectivity index (χ0) is 24.6. The second kappa shape index (κ2) is 9.12. The Morgan fingerprint density at radius 1 is 1.18 bits per heavy atom. The van der Waals surface area contributed by atoms with E-state index in [0.717, 1.165) is 0 Å². The van der Waals surface area contributed by atoms with Crippen molar-refractivity contribution >= 4 is 32.9 Å². The summed E-state index contributed by atoms with van der Waals surface area (Å²) in [6.07, 6.45) is 3.92. The van der Waals surface area contributed by atoms with Crippen molar-refractivity contribution in [2.24, 2.45) is 7.05 Å². The minimum Gasteiger partial charge on any atom is -0.405 e. The van der Waals surface area contributed by atoms with E-state index in [9.17, 15) is 9.90 Å². The normalized spacial score (nSPS) is 11.9. The van der Waals surface area contributed by atoms with Crippen molar-refractivity contribution in [2.75, 3.05) is 7.05 Å². The first-order valence-corrected chi connectivity index (χ1v) is 10.4. The lowest BCUT2D eigenvalue weighted by molar-refractivity contribution is 0.112. The number of carbonyl (C=O) groups excluding carboxylic acids is 1. The van der Waals surface area contributed by atoms with Crippen LogP contribution < -0.4 is 0 Å². The molecule has 0 unspecified atom stereocenters. The van der Waals surface area contributed by atoms with Crippen LogP contribution in [-0.4, -0.2) is 53.8 Å². The maximum Gasteiger partial charge on any atom is 0.151 e. The molecule has 0 atom stereocenters. The van der Waals surface area contributed by atoms with E-state index in [1.54, 1.807) is 49.6 Å². The number of nitrogens with zero attached hydrogens (tertiary/aromatic N) is 4. The summed E-state index contributed by atoms with van der Waals surface area (Å²) in [5, 5.41) is 12.8. The lowest BCUT2D eigenvalue weighted by Gasteiger charge is -2.20. The van der Waals surface area contributed by atoms with Crippen LogP contribution in [0.15, 0.2) is 48.8 Å². The molecule has 0 spiro atoms. The van der Waals surface area contributed by atoms with E-state index in [2.05, 4.69) is 10.1 Å². The maximum atomic E-state index is 15.1. The molecule has 4 aromatic rings. The summed E-state index contributed by atoms with van der Waals surface area (Å²) in [7, 11) is 14.7. The van der Waals surface area contributed by atoms with Gasteiger partial charge in [-0.3, -0.25) is 19.4 Å². The molecule has 0 saturated carbocycles. The SMILES string of the molecule is [B]C([B])(O)c1ccc(-c2cc(F)c(CN(C)Cc3ncccc3C=O)c(F)c2)c2cn(C)nc12. The number of halogens is 2. The molecule has 0 aliphatic rings. The zero-order valence-corrected chi connectivity index (χ0v) is 18.7. The smallest absolute Gasteiger partial charge is 0.151 e. The molecule has 0 amide bonds. The maximum absolute atomic E-state index is 15.1. The summed E-state index contributed by atoms with van der Waals surface area (Å²) in [5.41, 5.74) is 2.18. The summed E-state index contributed by atoms with van der Waals surface area (Å²) in [4.78, 5) is 17.1. The molecule has 0 aliphatic heterocycles. The number of fused-ring (bicyclic) bond motifs is 1. The molecule has 2 heterocycles. The molecule has 0 bridgehead atoms. The third kappa shape index (κ3) is 4.64. The Morgan fingerprint density at radius 2 is 1.88 bits per heavy atom. The number of hydrogen-bond acceptors (Lipinski definition) is 5. The van der Waals surface area contributed by atoms with Crippen molar-refractivity contribution in [3.05, 3.63) is 82.8 Å². The van der Waals surface area contributed by atoms with Crippen molar-refractivity contribution in [3.63, 3.8) is 0 Å². The monoisotopic (exact) mass is 456 g/mol. The molecule has 1 N–H and O–H groups in total. The van der Waals surface area contributed by atoms with Crippen molar-refractivity contribution < 1.29 is 18.7 Å². The van der Waals surface area contributed by atoms with Gasteiger partial charge in [-0.15, -0.1) is 0 Å². The molecule has 6 nitrogen and oxygen atoms in total. The fourth-order valence-electron chi connectivity index (χ4n) is 3.98. The van der Waals surface area contributed by atoms with Crippen LogP contribution in [0.1, 0.15) is 27.2 Å². The van der Waals surface area contributed by atoms with Crippen LogP contribution in [-0.2, 0) is 25.5 Å². The number of pyridine rings is 1. The highest BCUT2D eigenvalue weighted by Crippen LogP contribution is 2.34. The lowest BCUT2D eigenvalue weighted by atomic mass is 9.61. The van der Waals surface area contributed by atoms with Gasteiger partial charge in [0.1, 0.15) is 27.3 Å². The first kappa shape index (κ1) is 23.8. The Labute approximate surface area is 198 Å². The van der Waals surface area contributed by atoms with Crippen molar-refractivity contribution in [3.8, 4) is 11.1 Å². The average Bonchev–Trinajstić information content (AvgIpc) is 3.16. The van der Waals surface area contributed by atoms with Crippen LogP contribution in [0.2, 0.25) is 0 Å². The van der Waals surface area contributed by atoms with Gasteiger partial charge in [0.25, 0.3) is 0 Å². The Kier molecular flexibility index (Phi) is 6.38. The number of aliphatic hydroxyl groups is 1. The van der Waals surface area contributed by atoms with Gasteiger partial charge in [-0.25, -0.2) is 8.78 Å². The summed E-state index contributed by atoms with van der Waals surface area (Å²) in [6.45, 7) is 0.218. The van der Waals surface area contributed by atoms with Gasteiger partial charge < -0.3 is 5.11 Å². The first-order valence-electron chi connectivity index (χ1n) is 10.4. The fraction of sp³-hybridized carbons (Fsp3) is 0.208. The largest absolute Gasteiger partial charge is 0.405 e. The van der Waals surface area contributed by atoms with E-state index < -0.39 is 17.0 Å². The Morgan fingerprint density at radius 3 is 2.53 bits per heavy atom. The van der Waals surface area contributed by atoms with Crippen LogP contribution in [0, 0.1) is 11.6 Å². The second-order valence-electron chi connectivity index (χ2n) is 8.30. The molecule has 4 radical (unpaired) electrons. The van der Waals surface area contributed by atoms with Gasteiger partial charge in [-0.2, -0.15) is 5.10 Å². The Bertz CT molecular complexity index is 1360. The number of aldehydes is 1. The van der Waals surface area contributed by atoms with Gasteiger partial charge >= 0.3 is 0 Å². The minimum atomic E-state index is -2.12. The summed E-state index contributed by atoms with van der Waals surface area (Å²) in [6, 6.07) is 8.87. The van der Waals surface area contributed by atoms with Gasteiger partial charge in [0.05, 0.1) is 11.2 Å². The molecular formula is C24H20B2F2N4O2. The van der Waals surface area contributed by atoms with Crippen molar-refractivity contribution in [2.45, 2.75) is 18.5 Å². The molecule has 34 heavy (non-hydrogen) atoms. The predicted octanol–water partition coefficient (Wildman–Crippen LogP) is 2.80. The molecule has 0 aliphatic carbocycles. The van der Waals surface area contributed by atoms with Gasteiger partial charge in [0.2, 0.25) is 0 Å². The molecule has 10 heteroatoms. The van der Waals surface area contributed by atoms with E-state index in [1.807, 2.05) is 0 Å². The van der Waals surface area contributed by atoms with Crippen LogP contribution in [0.3, 0.4) is 0 Å². The van der Waals surface area contributed by atoms with Gasteiger partial charge in [-0.05, 0) is 48.0 Å². The highest BCUT2D eigenvalue weighted by Gasteiger charge is 2.23. The third-order valence-corrected chi connectivity index (χ3v) is 5.57. The molecule has 0 saturated heterocycles. The van der Waals surface area contributed by atoms with Gasteiger partial charge in [-0.1, -0.05) is 12.1 Å². The van der Waals surface area contributed by atoms with Gasteiger partial charge in [0, 0.05) is 54.4 Å². The molecule has 0 fully saturated rings. The van der Waals surface area contributed by atoms with E-state index in [1.165, 1.54) is 22.9 Å². The summed E-state index contributed by atoms with van der Waals surface area (Å²) < 4.78 is 31.7. The highest BCUT2D eigenvalue weighted by atomic mass is 19.1. The van der Waals surface area contributed by atoms with E-state index in [0.29, 0.717) is 39.6 Å². The van der Waals surface area contributed by atoms with E-state index in [-0.39, 0.29) is 24.2 Å². The summed E-state index contributed by atoms with van der Waals surface area (Å²) in [5.74, 6) is -1.43. The van der Waals surface area contributed by atoms with E-state index in [4.69, 9.17) is 15.7 Å². The number of benzene rings is 2. The Hall–Kier alpha value is -3.36. The fourth-order valence-corrected chi connectivity index (χ4v) is 3.98. The molecule has 2 aromatic carbocycles. The molecule has 168 valence electrons. The van der Waals surface area contributed by atoms with Crippen LogP contribution in [0.25, 0.3) is 22.0 Å². The molecule has 4 rings (SSSR count). The summed E-state index contributed by atoms with van der Waals surface area (Å²) >= 11 is 0. The predicted molar refractivity (Wildman–Crippen MR) is 126 cm³/mol. The standard InChI is InChI=1S/C24H20B2F2N4O2/c1-31(12-22-14(13-33)4-3-7-29-22)10-18-20(27)8-15(9-21(18)28)16-5-6-19(24(25,26)34)23-17(16)11-32(2)30-23/h3-9,11,13,34H,10,12H2,1-2H3. The highest BCUT2D eigenvalue weighted by molar-refractivity contribution is 6.39. The zero-order valence-electron chi connectivity index (χ0n) is 18.7.